The van der Waals surface area contributed by atoms with Crippen LogP contribution >= 0.6 is 11.6 Å². The van der Waals surface area contributed by atoms with Crippen LogP contribution in [-0.2, 0) is 4.79 Å². The van der Waals surface area contributed by atoms with Gasteiger partial charge in [0.1, 0.15) is 5.82 Å². The number of carbonyl (C=O) groups excluding carboxylic acids is 1. The van der Waals surface area contributed by atoms with E-state index in [-0.39, 0.29) is 11.7 Å². The summed E-state index contributed by atoms with van der Waals surface area (Å²) in [6.07, 6.45) is 4.75. The smallest absolute Gasteiger partial charge is 0.224 e. The normalized spacial score (nSPS) is 20.6. The first-order valence-corrected chi connectivity index (χ1v) is 8.79. The van der Waals surface area contributed by atoms with E-state index in [1.54, 1.807) is 12.1 Å². The van der Waals surface area contributed by atoms with Crippen molar-refractivity contribution in [1.82, 2.24) is 0 Å². The molecule has 1 saturated carbocycles. The average Bonchev–Trinajstić information content (AvgIpc) is 2.58. The fourth-order valence-corrected chi connectivity index (χ4v) is 3.57. The first-order chi connectivity index (χ1) is 11.6. The van der Waals surface area contributed by atoms with Crippen molar-refractivity contribution in [3.8, 4) is 0 Å². The zero-order chi connectivity index (χ0) is 16.9. The third-order valence-corrected chi connectivity index (χ3v) is 5.04. The molecule has 0 aromatic heterocycles. The van der Waals surface area contributed by atoms with Gasteiger partial charge in [-0.25, -0.2) is 4.39 Å². The number of nitrogens with one attached hydrogen (secondary N) is 1. The molecule has 2 aromatic rings. The molecule has 1 aliphatic carbocycles. The van der Waals surface area contributed by atoms with Crippen molar-refractivity contribution >= 4 is 23.2 Å². The van der Waals surface area contributed by atoms with Gasteiger partial charge in [-0.3, -0.25) is 4.79 Å². The molecule has 1 aliphatic rings. The molecule has 0 unspecified atom stereocenters. The maximum Gasteiger partial charge on any atom is 0.224 e. The van der Waals surface area contributed by atoms with Gasteiger partial charge in [-0.1, -0.05) is 23.7 Å². The van der Waals surface area contributed by atoms with Gasteiger partial charge in [-0.2, -0.15) is 0 Å². The molecular formula is C20H21ClFNO. The van der Waals surface area contributed by atoms with Gasteiger partial charge in [0, 0.05) is 17.1 Å². The molecule has 0 atom stereocenters. The fraction of sp³-hybridized carbons (Fsp3) is 0.350. The van der Waals surface area contributed by atoms with E-state index >= 15 is 0 Å². The van der Waals surface area contributed by atoms with Gasteiger partial charge in [0.15, 0.2) is 0 Å². The molecule has 1 fully saturated rings. The summed E-state index contributed by atoms with van der Waals surface area (Å²) in [5.41, 5.74) is 1.99. The highest BCUT2D eigenvalue weighted by atomic mass is 35.5. The first kappa shape index (κ1) is 17.0. The van der Waals surface area contributed by atoms with Gasteiger partial charge in [0.05, 0.1) is 0 Å². The van der Waals surface area contributed by atoms with Crippen LogP contribution in [0.4, 0.5) is 10.1 Å². The lowest BCUT2D eigenvalue weighted by Crippen LogP contribution is -2.20. The lowest BCUT2D eigenvalue weighted by atomic mass is 9.77. The predicted molar refractivity (Wildman–Crippen MR) is 95.8 cm³/mol. The van der Waals surface area contributed by atoms with E-state index in [0.29, 0.717) is 23.3 Å². The minimum Gasteiger partial charge on any atom is -0.326 e. The number of carbonyl (C=O) groups is 1. The predicted octanol–water partition coefficient (Wildman–Crippen LogP) is 5.78. The van der Waals surface area contributed by atoms with Crippen LogP contribution in [0.1, 0.15) is 43.6 Å². The molecule has 2 aromatic carbocycles. The molecule has 0 saturated heterocycles. The van der Waals surface area contributed by atoms with Gasteiger partial charge in [0.25, 0.3) is 0 Å². The molecule has 3 rings (SSSR count). The molecule has 0 heterocycles. The van der Waals surface area contributed by atoms with Crippen LogP contribution in [-0.4, -0.2) is 5.91 Å². The number of amides is 1. The van der Waals surface area contributed by atoms with Crippen molar-refractivity contribution in [2.75, 3.05) is 5.32 Å². The van der Waals surface area contributed by atoms with Gasteiger partial charge >= 0.3 is 0 Å². The topological polar surface area (TPSA) is 29.1 Å². The largest absolute Gasteiger partial charge is 0.326 e. The Balaban J connectivity index is 1.47. The SMILES string of the molecule is O=C(CC1CCC(c2ccc(F)cc2)CC1)Nc1ccc(Cl)cc1. The minimum absolute atomic E-state index is 0.0579. The van der Waals surface area contributed by atoms with Gasteiger partial charge in [0.2, 0.25) is 5.91 Å². The molecule has 1 amide bonds. The quantitative estimate of drug-likeness (QED) is 0.747. The Labute approximate surface area is 147 Å². The standard InChI is InChI=1S/C20H21ClFNO/c21-17-7-11-19(12-8-17)23-20(24)13-14-1-3-15(4-2-14)16-5-9-18(22)10-6-16/h5-12,14-15H,1-4,13H2,(H,23,24). The van der Waals surface area contributed by atoms with Crippen LogP contribution in [0.3, 0.4) is 0 Å². The van der Waals surface area contributed by atoms with Crippen molar-refractivity contribution in [2.24, 2.45) is 5.92 Å². The van der Waals surface area contributed by atoms with E-state index in [1.165, 1.54) is 17.7 Å². The summed E-state index contributed by atoms with van der Waals surface area (Å²) in [6, 6.07) is 14.0. The number of hydrogen-bond donors (Lipinski definition) is 1. The summed E-state index contributed by atoms with van der Waals surface area (Å²) in [7, 11) is 0. The fourth-order valence-electron chi connectivity index (χ4n) is 3.44. The zero-order valence-electron chi connectivity index (χ0n) is 13.5. The Kier molecular flexibility index (Phi) is 5.52. The molecule has 126 valence electrons. The van der Waals surface area contributed by atoms with Gasteiger partial charge < -0.3 is 5.32 Å². The highest BCUT2D eigenvalue weighted by molar-refractivity contribution is 6.30. The molecule has 0 bridgehead atoms. The Bertz CT molecular complexity index is 676. The summed E-state index contributed by atoms with van der Waals surface area (Å²) in [6.45, 7) is 0. The molecule has 24 heavy (non-hydrogen) atoms. The molecule has 1 N–H and O–H groups in total. The second-order valence-electron chi connectivity index (χ2n) is 6.53. The zero-order valence-corrected chi connectivity index (χ0v) is 14.2. The van der Waals surface area contributed by atoms with E-state index < -0.39 is 0 Å². The number of anilines is 1. The van der Waals surface area contributed by atoms with Crippen LogP contribution in [0.25, 0.3) is 0 Å². The van der Waals surface area contributed by atoms with Crippen molar-refractivity contribution in [3.63, 3.8) is 0 Å². The highest BCUT2D eigenvalue weighted by Crippen LogP contribution is 2.37. The maximum atomic E-state index is 13.0. The Morgan fingerprint density at radius 3 is 2.25 bits per heavy atom. The lowest BCUT2D eigenvalue weighted by Gasteiger charge is -2.28. The van der Waals surface area contributed by atoms with Gasteiger partial charge in [-0.05, 0) is 79.5 Å². The highest BCUT2D eigenvalue weighted by Gasteiger charge is 2.24. The number of hydrogen-bond acceptors (Lipinski definition) is 1. The van der Waals surface area contributed by atoms with Crippen LogP contribution in [0.2, 0.25) is 5.02 Å². The molecule has 4 heteroatoms. The van der Waals surface area contributed by atoms with Crippen molar-refractivity contribution in [3.05, 3.63) is 64.9 Å². The van der Waals surface area contributed by atoms with E-state index in [4.69, 9.17) is 11.6 Å². The van der Waals surface area contributed by atoms with Gasteiger partial charge in [-0.15, -0.1) is 0 Å². The lowest BCUT2D eigenvalue weighted by molar-refractivity contribution is -0.117. The van der Waals surface area contributed by atoms with E-state index in [2.05, 4.69) is 5.32 Å². The van der Waals surface area contributed by atoms with E-state index in [0.717, 1.165) is 31.4 Å². The summed E-state index contributed by atoms with van der Waals surface area (Å²) in [4.78, 5) is 12.2. The van der Waals surface area contributed by atoms with Crippen LogP contribution in [0, 0.1) is 11.7 Å². The second kappa shape index (κ2) is 7.80. The molecule has 0 radical (unpaired) electrons. The van der Waals surface area contributed by atoms with E-state index in [9.17, 15) is 9.18 Å². The van der Waals surface area contributed by atoms with Crippen molar-refractivity contribution < 1.29 is 9.18 Å². The van der Waals surface area contributed by atoms with E-state index in [1.807, 2.05) is 24.3 Å². The Hall–Kier alpha value is -1.87. The maximum absolute atomic E-state index is 13.0. The summed E-state index contributed by atoms with van der Waals surface area (Å²) in [5.74, 6) is 0.782. The molecule has 2 nitrogen and oxygen atoms in total. The Morgan fingerprint density at radius 2 is 1.62 bits per heavy atom. The third-order valence-electron chi connectivity index (χ3n) is 4.79. The minimum atomic E-state index is -0.189. The Morgan fingerprint density at radius 1 is 1.00 bits per heavy atom. The summed E-state index contributed by atoms with van der Waals surface area (Å²) >= 11 is 5.84. The monoisotopic (exact) mass is 345 g/mol. The average molecular weight is 346 g/mol. The number of benzene rings is 2. The van der Waals surface area contributed by atoms with Crippen LogP contribution in [0.15, 0.2) is 48.5 Å². The third kappa shape index (κ3) is 4.57. The number of halogens is 2. The molecule has 0 spiro atoms. The second-order valence-corrected chi connectivity index (χ2v) is 6.96. The molecule has 0 aliphatic heterocycles. The molecular weight excluding hydrogens is 325 g/mol. The van der Waals surface area contributed by atoms with Crippen LogP contribution in [0.5, 0.6) is 0 Å². The van der Waals surface area contributed by atoms with Crippen molar-refractivity contribution in [1.29, 1.82) is 0 Å². The van der Waals surface area contributed by atoms with Crippen LogP contribution < -0.4 is 5.32 Å². The first-order valence-electron chi connectivity index (χ1n) is 8.41. The number of rotatable bonds is 4. The summed E-state index contributed by atoms with van der Waals surface area (Å²) < 4.78 is 13.0. The van der Waals surface area contributed by atoms with Crippen molar-refractivity contribution in [2.45, 2.75) is 38.0 Å². The summed E-state index contributed by atoms with van der Waals surface area (Å²) in [5, 5.41) is 3.59.